The van der Waals surface area contributed by atoms with Gasteiger partial charge in [0.05, 0.1) is 4.90 Å². The molecule has 20 heavy (non-hydrogen) atoms. The predicted molar refractivity (Wildman–Crippen MR) is 71.3 cm³/mol. The standard InChI is InChI=1S/C12H17FN2O4S/c1-14(2)7-8-15(9-12(16)17)20(18,19)11-5-3-10(13)4-6-11/h3-6H,7-9H2,1-2H3,(H,16,17). The largest absolute Gasteiger partial charge is 0.480 e. The van der Waals surface area contributed by atoms with Crippen LogP contribution in [0.25, 0.3) is 0 Å². The first kappa shape index (κ1) is 16.5. The van der Waals surface area contributed by atoms with Gasteiger partial charge in [-0.1, -0.05) is 0 Å². The first-order valence-electron chi connectivity index (χ1n) is 5.85. The Hall–Kier alpha value is -1.51. The van der Waals surface area contributed by atoms with Crippen molar-refractivity contribution in [2.75, 3.05) is 33.7 Å². The zero-order valence-corrected chi connectivity index (χ0v) is 12.1. The summed E-state index contributed by atoms with van der Waals surface area (Å²) in [5.74, 6) is -1.79. The van der Waals surface area contributed by atoms with Gasteiger partial charge >= 0.3 is 5.97 Å². The van der Waals surface area contributed by atoms with E-state index in [-0.39, 0.29) is 11.4 Å². The molecule has 0 fully saturated rings. The molecule has 8 heteroatoms. The number of halogens is 1. The fourth-order valence-electron chi connectivity index (χ4n) is 1.50. The maximum absolute atomic E-state index is 12.8. The number of carboxylic acid groups (broad SMARTS) is 1. The molecule has 1 rings (SSSR count). The zero-order valence-electron chi connectivity index (χ0n) is 11.3. The Labute approximate surface area is 117 Å². The minimum absolute atomic E-state index is 0.0407. The molecule has 0 aromatic heterocycles. The number of sulfonamides is 1. The highest BCUT2D eigenvalue weighted by Gasteiger charge is 2.26. The van der Waals surface area contributed by atoms with Crippen LogP contribution in [-0.2, 0) is 14.8 Å². The molecule has 6 nitrogen and oxygen atoms in total. The molecule has 0 atom stereocenters. The van der Waals surface area contributed by atoms with E-state index in [1.54, 1.807) is 19.0 Å². The van der Waals surface area contributed by atoms with E-state index >= 15 is 0 Å². The third-order valence-electron chi connectivity index (χ3n) is 2.56. The Kier molecular flexibility index (Phi) is 5.61. The van der Waals surface area contributed by atoms with Gasteiger partial charge in [-0.15, -0.1) is 0 Å². The number of carboxylic acids is 1. The van der Waals surface area contributed by atoms with E-state index in [0.717, 1.165) is 28.6 Å². The van der Waals surface area contributed by atoms with Crippen molar-refractivity contribution < 1.29 is 22.7 Å². The second kappa shape index (κ2) is 6.78. The zero-order chi connectivity index (χ0) is 15.3. The number of aliphatic carboxylic acids is 1. The lowest BCUT2D eigenvalue weighted by Crippen LogP contribution is -2.39. The average Bonchev–Trinajstić information content (AvgIpc) is 2.34. The van der Waals surface area contributed by atoms with Crippen LogP contribution in [0, 0.1) is 5.82 Å². The van der Waals surface area contributed by atoms with Gasteiger partial charge in [-0.05, 0) is 38.4 Å². The molecule has 0 aliphatic heterocycles. The van der Waals surface area contributed by atoms with Gasteiger partial charge in [0.2, 0.25) is 10.0 Å². The highest BCUT2D eigenvalue weighted by molar-refractivity contribution is 7.89. The monoisotopic (exact) mass is 304 g/mol. The van der Waals surface area contributed by atoms with Crippen molar-refractivity contribution in [1.29, 1.82) is 0 Å². The highest BCUT2D eigenvalue weighted by Crippen LogP contribution is 2.15. The van der Waals surface area contributed by atoms with E-state index in [4.69, 9.17) is 5.11 Å². The first-order chi connectivity index (χ1) is 9.23. The molecular formula is C12H17FN2O4S. The summed E-state index contributed by atoms with van der Waals surface area (Å²) in [5.41, 5.74) is 0. The van der Waals surface area contributed by atoms with E-state index in [9.17, 15) is 17.6 Å². The van der Waals surface area contributed by atoms with Crippen molar-refractivity contribution in [3.8, 4) is 0 Å². The van der Waals surface area contributed by atoms with Crippen molar-refractivity contribution in [2.24, 2.45) is 0 Å². The molecule has 112 valence electrons. The van der Waals surface area contributed by atoms with Gasteiger partial charge in [0, 0.05) is 13.1 Å². The van der Waals surface area contributed by atoms with E-state index in [1.807, 2.05) is 0 Å². The van der Waals surface area contributed by atoms with Crippen LogP contribution in [0.1, 0.15) is 0 Å². The van der Waals surface area contributed by atoms with Crippen LogP contribution >= 0.6 is 0 Å². The van der Waals surface area contributed by atoms with Crippen molar-refractivity contribution in [2.45, 2.75) is 4.90 Å². The Morgan fingerprint density at radius 2 is 1.75 bits per heavy atom. The van der Waals surface area contributed by atoms with Gasteiger partial charge in [-0.3, -0.25) is 4.79 Å². The number of carbonyl (C=O) groups is 1. The minimum Gasteiger partial charge on any atom is -0.480 e. The third-order valence-corrected chi connectivity index (χ3v) is 4.42. The summed E-state index contributed by atoms with van der Waals surface area (Å²) in [6.45, 7) is -0.208. The molecule has 0 unspecified atom stereocenters. The van der Waals surface area contributed by atoms with Crippen LogP contribution < -0.4 is 0 Å². The van der Waals surface area contributed by atoms with Crippen molar-refractivity contribution in [3.63, 3.8) is 0 Å². The summed E-state index contributed by atoms with van der Waals surface area (Å²) >= 11 is 0. The van der Waals surface area contributed by atoms with E-state index in [2.05, 4.69) is 0 Å². The maximum Gasteiger partial charge on any atom is 0.318 e. The Morgan fingerprint density at radius 1 is 1.20 bits per heavy atom. The van der Waals surface area contributed by atoms with Crippen LogP contribution in [0.5, 0.6) is 0 Å². The van der Waals surface area contributed by atoms with Crippen LogP contribution in [0.2, 0.25) is 0 Å². The first-order valence-corrected chi connectivity index (χ1v) is 7.29. The molecule has 0 saturated heterocycles. The molecule has 0 bridgehead atoms. The lowest BCUT2D eigenvalue weighted by atomic mass is 10.4. The van der Waals surface area contributed by atoms with Gasteiger partial charge in [-0.2, -0.15) is 4.31 Å². The Balaban J connectivity index is 3.03. The van der Waals surface area contributed by atoms with E-state index in [0.29, 0.717) is 6.54 Å². The highest BCUT2D eigenvalue weighted by atomic mass is 32.2. The van der Waals surface area contributed by atoms with Gasteiger partial charge in [0.15, 0.2) is 0 Å². The SMILES string of the molecule is CN(C)CCN(CC(=O)O)S(=O)(=O)c1ccc(F)cc1. The average molecular weight is 304 g/mol. The van der Waals surface area contributed by atoms with Gasteiger partial charge in [0.25, 0.3) is 0 Å². The summed E-state index contributed by atoms with van der Waals surface area (Å²) < 4.78 is 38.3. The van der Waals surface area contributed by atoms with Gasteiger partial charge in [0.1, 0.15) is 12.4 Å². The third kappa shape index (κ3) is 4.55. The van der Waals surface area contributed by atoms with E-state index in [1.165, 1.54) is 0 Å². The fraction of sp³-hybridized carbons (Fsp3) is 0.417. The van der Waals surface area contributed by atoms with Crippen LogP contribution in [0.4, 0.5) is 4.39 Å². The van der Waals surface area contributed by atoms with Crippen molar-refractivity contribution in [1.82, 2.24) is 9.21 Å². The number of hydrogen-bond donors (Lipinski definition) is 1. The van der Waals surface area contributed by atoms with Crippen molar-refractivity contribution >= 4 is 16.0 Å². The summed E-state index contributed by atoms with van der Waals surface area (Å²) in [7, 11) is -0.443. The number of hydrogen-bond acceptors (Lipinski definition) is 4. The smallest absolute Gasteiger partial charge is 0.318 e. The molecular weight excluding hydrogens is 287 g/mol. The molecule has 1 aromatic carbocycles. The number of rotatable bonds is 7. The van der Waals surface area contributed by atoms with Crippen LogP contribution in [0.15, 0.2) is 29.2 Å². The molecule has 0 amide bonds. The molecule has 0 spiro atoms. The topological polar surface area (TPSA) is 77.9 Å². The number of likely N-dealkylation sites (N-methyl/N-ethyl adjacent to an activating group) is 1. The molecule has 0 aliphatic rings. The predicted octanol–water partition coefficient (Wildman–Crippen LogP) is 0.463. The Morgan fingerprint density at radius 3 is 2.20 bits per heavy atom. The molecule has 0 saturated carbocycles. The second-order valence-corrected chi connectivity index (χ2v) is 6.43. The number of nitrogens with zero attached hydrogens (tertiary/aromatic N) is 2. The summed E-state index contributed by atoms with van der Waals surface area (Å²) in [6.07, 6.45) is 0. The quantitative estimate of drug-likeness (QED) is 0.792. The summed E-state index contributed by atoms with van der Waals surface area (Å²) in [5, 5.41) is 8.82. The summed E-state index contributed by atoms with van der Waals surface area (Å²) in [6, 6.07) is 4.29. The summed E-state index contributed by atoms with van der Waals surface area (Å²) in [4.78, 5) is 12.4. The lowest BCUT2D eigenvalue weighted by Gasteiger charge is -2.22. The fourth-order valence-corrected chi connectivity index (χ4v) is 2.88. The van der Waals surface area contributed by atoms with Gasteiger partial charge in [-0.25, -0.2) is 12.8 Å². The van der Waals surface area contributed by atoms with Crippen LogP contribution in [0.3, 0.4) is 0 Å². The second-order valence-electron chi connectivity index (χ2n) is 4.49. The minimum atomic E-state index is -3.95. The lowest BCUT2D eigenvalue weighted by molar-refractivity contribution is -0.137. The molecule has 1 aromatic rings. The molecule has 0 radical (unpaired) electrons. The van der Waals surface area contributed by atoms with Crippen LogP contribution in [-0.4, -0.2) is 62.4 Å². The number of benzene rings is 1. The Bertz CT molecular complexity index is 557. The van der Waals surface area contributed by atoms with Gasteiger partial charge < -0.3 is 10.0 Å². The molecule has 0 heterocycles. The normalized spacial score (nSPS) is 12.1. The molecule has 1 N–H and O–H groups in total. The molecule has 0 aliphatic carbocycles. The maximum atomic E-state index is 12.8. The van der Waals surface area contributed by atoms with E-state index < -0.39 is 28.4 Å². The van der Waals surface area contributed by atoms with Crippen molar-refractivity contribution in [3.05, 3.63) is 30.1 Å².